The van der Waals surface area contributed by atoms with Crippen molar-refractivity contribution in [1.82, 2.24) is 0 Å². The van der Waals surface area contributed by atoms with Crippen molar-refractivity contribution in [3.63, 3.8) is 0 Å². The first-order chi connectivity index (χ1) is 8.99. The van der Waals surface area contributed by atoms with Crippen LogP contribution >= 0.6 is 15.9 Å². The molecule has 1 aromatic rings. The van der Waals surface area contributed by atoms with E-state index in [1.54, 1.807) is 0 Å². The maximum atomic E-state index is 11.9. The number of aryl methyl sites for hydroxylation is 1. The third-order valence-electron chi connectivity index (χ3n) is 2.96. The van der Waals surface area contributed by atoms with Gasteiger partial charge in [-0.05, 0) is 28.4 Å². The van der Waals surface area contributed by atoms with Gasteiger partial charge in [0, 0.05) is 12.2 Å². The largest absolute Gasteiger partial charge is 0.411 e. The van der Waals surface area contributed by atoms with Gasteiger partial charge in [-0.25, -0.2) is 9.59 Å². The molecule has 0 radical (unpaired) electrons. The van der Waals surface area contributed by atoms with Crippen molar-refractivity contribution in [2.45, 2.75) is 12.7 Å². The molecule has 0 aliphatic carbocycles. The van der Waals surface area contributed by atoms with Crippen LogP contribution in [0.1, 0.15) is 11.1 Å². The molecule has 2 heterocycles. The van der Waals surface area contributed by atoms with Gasteiger partial charge in [-0.1, -0.05) is 29.8 Å². The van der Waals surface area contributed by atoms with Gasteiger partial charge >= 0.3 is 11.9 Å². The Balaban J connectivity index is 2.01. The fraction of sp³-hybridized carbons (Fsp3) is 0.143. The lowest BCUT2D eigenvalue weighted by Gasteiger charge is -2.16. The van der Waals surface area contributed by atoms with E-state index in [1.165, 1.54) is 12.2 Å². The van der Waals surface area contributed by atoms with E-state index in [1.807, 2.05) is 31.2 Å². The molecular weight excluding hydrogens is 312 g/mol. The number of rotatable bonds is 1. The van der Waals surface area contributed by atoms with Gasteiger partial charge < -0.3 is 9.47 Å². The van der Waals surface area contributed by atoms with Crippen LogP contribution in [0, 0.1) is 6.92 Å². The van der Waals surface area contributed by atoms with Crippen molar-refractivity contribution in [1.29, 1.82) is 0 Å². The molecule has 3 rings (SSSR count). The molecule has 96 valence electrons. The highest BCUT2D eigenvalue weighted by atomic mass is 79.9. The summed E-state index contributed by atoms with van der Waals surface area (Å²) >= 11 is 3.06. The number of carbonyl (C=O) groups is 2. The van der Waals surface area contributed by atoms with E-state index in [0.29, 0.717) is 5.57 Å². The van der Waals surface area contributed by atoms with Crippen LogP contribution in [0.15, 0.2) is 40.9 Å². The highest BCUT2D eigenvalue weighted by Gasteiger charge is 2.47. The van der Waals surface area contributed by atoms with Gasteiger partial charge in [0.2, 0.25) is 0 Å². The molecular formula is C14H9BrO4. The monoisotopic (exact) mass is 320 g/mol. The third-order valence-corrected chi connectivity index (χ3v) is 3.51. The minimum absolute atomic E-state index is 0.252. The van der Waals surface area contributed by atoms with E-state index in [9.17, 15) is 9.59 Å². The van der Waals surface area contributed by atoms with Crippen molar-refractivity contribution >= 4 is 33.4 Å². The standard InChI is InChI=1S/C14H9BrO4/c1-8-2-4-9(5-3-8)10-6-14(18-12(10)16)7-11(15)13(17)19-14/h2-7H,1H3. The maximum Gasteiger partial charge on any atom is 0.349 e. The molecule has 0 fully saturated rings. The summed E-state index contributed by atoms with van der Waals surface area (Å²) in [5.41, 5.74) is 2.23. The van der Waals surface area contributed by atoms with Crippen LogP contribution in [-0.4, -0.2) is 17.7 Å². The summed E-state index contributed by atoms with van der Waals surface area (Å²) in [7, 11) is 0. The van der Waals surface area contributed by atoms with Crippen molar-refractivity contribution in [3.05, 3.63) is 52.0 Å². The lowest BCUT2D eigenvalue weighted by atomic mass is 10.0. The Labute approximate surface area is 117 Å². The van der Waals surface area contributed by atoms with E-state index in [-0.39, 0.29) is 4.48 Å². The Bertz CT molecular complexity index is 642. The van der Waals surface area contributed by atoms with Crippen molar-refractivity contribution in [2.75, 3.05) is 0 Å². The summed E-state index contributed by atoms with van der Waals surface area (Å²) in [6.07, 6.45) is 2.96. The summed E-state index contributed by atoms with van der Waals surface area (Å²) in [6, 6.07) is 7.47. The third kappa shape index (κ3) is 2.00. The number of benzene rings is 1. The fourth-order valence-corrected chi connectivity index (χ4v) is 2.40. The second kappa shape index (κ2) is 4.06. The van der Waals surface area contributed by atoms with Gasteiger partial charge in [-0.3, -0.25) is 0 Å². The predicted octanol–water partition coefficient (Wildman–Crippen LogP) is 2.47. The van der Waals surface area contributed by atoms with E-state index in [2.05, 4.69) is 15.9 Å². The summed E-state index contributed by atoms with van der Waals surface area (Å²) in [4.78, 5) is 23.3. The molecule has 19 heavy (non-hydrogen) atoms. The summed E-state index contributed by atoms with van der Waals surface area (Å²) in [5.74, 6) is -2.45. The molecule has 0 amide bonds. The maximum absolute atomic E-state index is 11.9. The molecule has 2 aliphatic rings. The Morgan fingerprint density at radius 3 is 2.21 bits per heavy atom. The van der Waals surface area contributed by atoms with Crippen molar-refractivity contribution in [2.24, 2.45) is 0 Å². The lowest BCUT2D eigenvalue weighted by Crippen LogP contribution is -2.27. The Hall–Kier alpha value is -1.88. The number of carbonyl (C=O) groups excluding carboxylic acids is 2. The van der Waals surface area contributed by atoms with Crippen LogP contribution < -0.4 is 0 Å². The van der Waals surface area contributed by atoms with Gasteiger partial charge in [0.25, 0.3) is 5.79 Å². The quantitative estimate of drug-likeness (QED) is 0.746. The van der Waals surface area contributed by atoms with Crippen molar-refractivity contribution < 1.29 is 19.1 Å². The highest BCUT2D eigenvalue weighted by Crippen LogP contribution is 2.38. The number of esters is 2. The van der Waals surface area contributed by atoms with Crippen molar-refractivity contribution in [3.8, 4) is 0 Å². The normalized spacial score (nSPS) is 25.2. The van der Waals surface area contributed by atoms with Gasteiger partial charge in [-0.2, -0.15) is 0 Å². The van der Waals surface area contributed by atoms with Crippen LogP contribution in [-0.2, 0) is 19.1 Å². The number of ether oxygens (including phenoxy) is 2. The van der Waals surface area contributed by atoms with E-state index < -0.39 is 17.7 Å². The first-order valence-electron chi connectivity index (χ1n) is 5.64. The van der Waals surface area contributed by atoms with Gasteiger partial charge in [0.1, 0.15) is 4.48 Å². The second-order valence-corrected chi connectivity index (χ2v) is 5.27. The molecule has 1 unspecified atom stereocenters. The summed E-state index contributed by atoms with van der Waals surface area (Å²) in [6.45, 7) is 1.96. The van der Waals surface area contributed by atoms with E-state index in [0.717, 1.165) is 11.1 Å². The summed E-state index contributed by atoms with van der Waals surface area (Å²) < 4.78 is 10.5. The van der Waals surface area contributed by atoms with Crippen LogP contribution in [0.4, 0.5) is 0 Å². The summed E-state index contributed by atoms with van der Waals surface area (Å²) in [5, 5.41) is 0. The van der Waals surface area contributed by atoms with Crippen LogP contribution in [0.25, 0.3) is 5.57 Å². The molecule has 0 saturated carbocycles. The number of hydrogen-bond acceptors (Lipinski definition) is 4. The van der Waals surface area contributed by atoms with Gasteiger partial charge in [0.05, 0.1) is 5.57 Å². The first-order valence-corrected chi connectivity index (χ1v) is 6.43. The molecule has 1 atom stereocenters. The molecule has 0 N–H and O–H groups in total. The molecule has 2 aliphatic heterocycles. The average Bonchev–Trinajstić information content (AvgIpc) is 2.80. The molecule has 1 spiro atoms. The zero-order valence-corrected chi connectivity index (χ0v) is 11.6. The molecule has 0 bridgehead atoms. The minimum atomic E-state index is -1.40. The average molecular weight is 321 g/mol. The Morgan fingerprint density at radius 1 is 1.00 bits per heavy atom. The zero-order chi connectivity index (χ0) is 13.6. The van der Waals surface area contributed by atoms with Crippen LogP contribution in [0.2, 0.25) is 0 Å². The molecule has 5 heteroatoms. The van der Waals surface area contributed by atoms with E-state index in [4.69, 9.17) is 9.47 Å². The van der Waals surface area contributed by atoms with Crippen LogP contribution in [0.3, 0.4) is 0 Å². The smallest absolute Gasteiger partial charge is 0.349 e. The zero-order valence-electron chi connectivity index (χ0n) is 9.98. The number of hydrogen-bond donors (Lipinski definition) is 0. The minimum Gasteiger partial charge on any atom is -0.411 e. The van der Waals surface area contributed by atoms with E-state index >= 15 is 0 Å². The Morgan fingerprint density at radius 2 is 1.63 bits per heavy atom. The highest BCUT2D eigenvalue weighted by molar-refractivity contribution is 9.12. The molecule has 4 nitrogen and oxygen atoms in total. The van der Waals surface area contributed by atoms with Gasteiger partial charge in [0.15, 0.2) is 0 Å². The lowest BCUT2D eigenvalue weighted by molar-refractivity contribution is -0.181. The molecule has 1 aromatic carbocycles. The second-order valence-electron chi connectivity index (χ2n) is 4.42. The topological polar surface area (TPSA) is 52.6 Å². The molecule has 0 saturated heterocycles. The number of halogens is 1. The SMILES string of the molecule is Cc1ccc(C2=CC3(C=C(Br)C(=O)O3)OC2=O)cc1. The van der Waals surface area contributed by atoms with Crippen LogP contribution in [0.5, 0.6) is 0 Å². The first kappa shape index (κ1) is 12.2. The molecule has 0 aromatic heterocycles. The van der Waals surface area contributed by atoms with Gasteiger partial charge in [-0.15, -0.1) is 0 Å². The fourth-order valence-electron chi connectivity index (χ4n) is 2.00. The Kier molecular flexibility index (Phi) is 2.60. The predicted molar refractivity (Wildman–Crippen MR) is 71.1 cm³/mol.